The second-order valence-corrected chi connectivity index (χ2v) is 5.51. The predicted molar refractivity (Wildman–Crippen MR) is 67.3 cm³/mol. The van der Waals surface area contributed by atoms with Gasteiger partial charge in [0.05, 0.1) is 6.04 Å². The van der Waals surface area contributed by atoms with E-state index in [9.17, 15) is 4.79 Å². The van der Waals surface area contributed by atoms with Crippen LogP contribution in [0.15, 0.2) is 0 Å². The average molecular weight is 226 g/mol. The van der Waals surface area contributed by atoms with Crippen molar-refractivity contribution in [1.82, 2.24) is 10.6 Å². The second kappa shape index (κ2) is 6.24. The number of hydrogen-bond donors (Lipinski definition) is 2. The molecule has 0 aromatic heterocycles. The number of hydrogen-bond acceptors (Lipinski definition) is 2. The van der Waals surface area contributed by atoms with Crippen molar-refractivity contribution in [2.24, 2.45) is 5.92 Å². The zero-order valence-electron chi connectivity index (χ0n) is 11.0. The molecule has 1 amide bonds. The molecule has 0 aromatic carbocycles. The molecule has 16 heavy (non-hydrogen) atoms. The van der Waals surface area contributed by atoms with E-state index in [4.69, 9.17) is 0 Å². The van der Waals surface area contributed by atoms with Gasteiger partial charge < -0.3 is 10.6 Å². The molecule has 0 heterocycles. The maximum absolute atomic E-state index is 11.7. The normalized spacial score (nSPS) is 27.8. The highest BCUT2D eigenvalue weighted by molar-refractivity contribution is 5.81. The average Bonchev–Trinajstić information content (AvgIpc) is 2.20. The largest absolute Gasteiger partial charge is 0.353 e. The molecule has 1 saturated carbocycles. The molecule has 1 unspecified atom stereocenters. The third-order valence-electron chi connectivity index (χ3n) is 3.33. The van der Waals surface area contributed by atoms with Gasteiger partial charge in [0.2, 0.25) is 5.91 Å². The summed E-state index contributed by atoms with van der Waals surface area (Å²) in [4.78, 5) is 11.7. The minimum Gasteiger partial charge on any atom is -0.353 e. The first-order chi connectivity index (χ1) is 7.49. The van der Waals surface area contributed by atoms with E-state index in [1.807, 2.05) is 20.8 Å². The number of nitrogens with one attached hydrogen (secondary N) is 2. The van der Waals surface area contributed by atoms with Crippen molar-refractivity contribution in [1.29, 1.82) is 0 Å². The lowest BCUT2D eigenvalue weighted by Crippen LogP contribution is -2.49. The fourth-order valence-electron chi connectivity index (χ4n) is 2.27. The molecule has 1 aliphatic rings. The highest BCUT2D eigenvalue weighted by Crippen LogP contribution is 2.23. The lowest BCUT2D eigenvalue weighted by molar-refractivity contribution is -0.123. The van der Waals surface area contributed by atoms with Gasteiger partial charge in [-0.15, -0.1) is 0 Å². The van der Waals surface area contributed by atoms with E-state index in [1.54, 1.807) is 0 Å². The molecule has 1 atom stereocenters. The van der Waals surface area contributed by atoms with Crippen LogP contribution in [-0.4, -0.2) is 24.0 Å². The Hall–Kier alpha value is -0.570. The summed E-state index contributed by atoms with van der Waals surface area (Å²) >= 11 is 0. The van der Waals surface area contributed by atoms with Crippen LogP contribution < -0.4 is 10.6 Å². The summed E-state index contributed by atoms with van der Waals surface area (Å²) in [5, 5.41) is 6.37. The molecule has 0 spiro atoms. The van der Waals surface area contributed by atoms with Gasteiger partial charge in [-0.1, -0.05) is 6.92 Å². The first-order valence-corrected chi connectivity index (χ1v) is 6.55. The molecule has 3 nitrogen and oxygen atoms in total. The lowest BCUT2D eigenvalue weighted by Gasteiger charge is -2.29. The molecule has 1 fully saturated rings. The Kier molecular flexibility index (Phi) is 5.26. The number of amides is 1. The van der Waals surface area contributed by atoms with Crippen LogP contribution in [0.1, 0.15) is 53.4 Å². The second-order valence-electron chi connectivity index (χ2n) is 5.51. The van der Waals surface area contributed by atoms with Gasteiger partial charge in [0.1, 0.15) is 0 Å². The molecular weight excluding hydrogens is 200 g/mol. The SMILES string of the molecule is CC1CCC(NC(C)C(=O)NC(C)C)CC1. The summed E-state index contributed by atoms with van der Waals surface area (Å²) in [6.07, 6.45) is 4.99. The van der Waals surface area contributed by atoms with Crippen molar-refractivity contribution in [2.45, 2.75) is 71.5 Å². The summed E-state index contributed by atoms with van der Waals surface area (Å²) in [6, 6.07) is 0.688. The van der Waals surface area contributed by atoms with Gasteiger partial charge in [-0.2, -0.15) is 0 Å². The van der Waals surface area contributed by atoms with Crippen molar-refractivity contribution in [3.8, 4) is 0 Å². The Morgan fingerprint density at radius 2 is 1.69 bits per heavy atom. The first kappa shape index (κ1) is 13.5. The summed E-state index contributed by atoms with van der Waals surface area (Å²) in [5.41, 5.74) is 0. The minimum absolute atomic E-state index is 0.0687. The van der Waals surface area contributed by atoms with Gasteiger partial charge in [0, 0.05) is 12.1 Å². The molecule has 2 N–H and O–H groups in total. The standard InChI is InChI=1S/C13H26N2O/c1-9(2)14-13(16)11(4)15-12-7-5-10(3)6-8-12/h9-12,15H,5-8H2,1-4H3,(H,14,16). The summed E-state index contributed by atoms with van der Waals surface area (Å²) in [6.45, 7) is 8.25. The molecule has 0 saturated heterocycles. The maximum Gasteiger partial charge on any atom is 0.237 e. The minimum atomic E-state index is -0.0687. The lowest BCUT2D eigenvalue weighted by atomic mass is 9.87. The topological polar surface area (TPSA) is 41.1 Å². The molecule has 1 rings (SSSR count). The Bertz CT molecular complexity index is 220. The van der Waals surface area contributed by atoms with Gasteiger partial charge in [-0.25, -0.2) is 0 Å². The zero-order chi connectivity index (χ0) is 12.1. The quantitative estimate of drug-likeness (QED) is 0.770. The fraction of sp³-hybridized carbons (Fsp3) is 0.923. The molecule has 0 aliphatic heterocycles. The first-order valence-electron chi connectivity index (χ1n) is 6.55. The number of carbonyl (C=O) groups excluding carboxylic acids is 1. The molecule has 0 bridgehead atoms. The number of carbonyl (C=O) groups is 1. The van der Waals surface area contributed by atoms with E-state index in [-0.39, 0.29) is 18.0 Å². The third kappa shape index (κ3) is 4.52. The van der Waals surface area contributed by atoms with Gasteiger partial charge >= 0.3 is 0 Å². The Balaban J connectivity index is 2.28. The monoisotopic (exact) mass is 226 g/mol. The van der Waals surface area contributed by atoms with Gasteiger partial charge in [-0.05, 0) is 52.4 Å². The molecule has 94 valence electrons. The summed E-state index contributed by atoms with van der Waals surface area (Å²) in [5.74, 6) is 0.978. The molecular formula is C13H26N2O. The van der Waals surface area contributed by atoms with Crippen LogP contribution >= 0.6 is 0 Å². The Morgan fingerprint density at radius 3 is 2.19 bits per heavy atom. The number of rotatable bonds is 4. The van der Waals surface area contributed by atoms with Gasteiger partial charge in [-0.3, -0.25) is 4.79 Å². The van der Waals surface area contributed by atoms with Crippen LogP contribution in [0.2, 0.25) is 0 Å². The van der Waals surface area contributed by atoms with Crippen molar-refractivity contribution in [3.63, 3.8) is 0 Å². The highest BCUT2D eigenvalue weighted by atomic mass is 16.2. The predicted octanol–water partition coefficient (Wildman–Crippen LogP) is 2.07. The smallest absolute Gasteiger partial charge is 0.237 e. The summed E-state index contributed by atoms with van der Waals surface area (Å²) < 4.78 is 0. The molecule has 0 aromatic rings. The van der Waals surface area contributed by atoms with Gasteiger partial charge in [0.15, 0.2) is 0 Å². The van der Waals surface area contributed by atoms with E-state index in [2.05, 4.69) is 17.6 Å². The molecule has 3 heteroatoms. The van der Waals surface area contributed by atoms with E-state index in [1.165, 1.54) is 25.7 Å². The Morgan fingerprint density at radius 1 is 1.12 bits per heavy atom. The van der Waals surface area contributed by atoms with Crippen molar-refractivity contribution < 1.29 is 4.79 Å². The van der Waals surface area contributed by atoms with E-state index >= 15 is 0 Å². The zero-order valence-corrected chi connectivity index (χ0v) is 11.0. The maximum atomic E-state index is 11.7. The van der Waals surface area contributed by atoms with Crippen molar-refractivity contribution in [2.75, 3.05) is 0 Å². The third-order valence-corrected chi connectivity index (χ3v) is 3.33. The van der Waals surface area contributed by atoms with Crippen LogP contribution in [0.4, 0.5) is 0 Å². The summed E-state index contributed by atoms with van der Waals surface area (Å²) in [7, 11) is 0. The van der Waals surface area contributed by atoms with E-state index < -0.39 is 0 Å². The van der Waals surface area contributed by atoms with Crippen LogP contribution in [0.5, 0.6) is 0 Å². The van der Waals surface area contributed by atoms with Gasteiger partial charge in [0.25, 0.3) is 0 Å². The Labute approximate surface area is 99.4 Å². The fourth-order valence-corrected chi connectivity index (χ4v) is 2.27. The van der Waals surface area contributed by atoms with Crippen molar-refractivity contribution in [3.05, 3.63) is 0 Å². The van der Waals surface area contributed by atoms with Crippen molar-refractivity contribution >= 4 is 5.91 Å². The van der Waals surface area contributed by atoms with Crippen LogP contribution in [-0.2, 0) is 4.79 Å². The highest BCUT2D eigenvalue weighted by Gasteiger charge is 2.22. The molecule has 0 radical (unpaired) electrons. The van der Waals surface area contributed by atoms with Crippen LogP contribution in [0.3, 0.4) is 0 Å². The molecule has 1 aliphatic carbocycles. The van der Waals surface area contributed by atoms with E-state index in [0.29, 0.717) is 6.04 Å². The van der Waals surface area contributed by atoms with Crippen LogP contribution in [0.25, 0.3) is 0 Å². The van der Waals surface area contributed by atoms with Crippen LogP contribution in [0, 0.1) is 5.92 Å². The van der Waals surface area contributed by atoms with E-state index in [0.717, 1.165) is 5.92 Å².